The molecule has 7 heteroatoms. The molecule has 2 aromatic carbocycles. The Hall–Kier alpha value is -1.96. The molecule has 0 aliphatic carbocycles. The zero-order valence-corrected chi connectivity index (χ0v) is 16.4. The van der Waals surface area contributed by atoms with Crippen LogP contribution in [-0.4, -0.2) is 25.3 Å². The van der Waals surface area contributed by atoms with Gasteiger partial charge in [-0.25, -0.2) is 8.78 Å². The summed E-state index contributed by atoms with van der Waals surface area (Å²) in [5.41, 5.74) is 1.23. The fourth-order valence-electron chi connectivity index (χ4n) is 2.75. The number of amides is 1. The third-order valence-electron chi connectivity index (χ3n) is 4.01. The van der Waals surface area contributed by atoms with E-state index in [2.05, 4.69) is 5.32 Å². The number of fused-ring (bicyclic) bond motifs is 1. The van der Waals surface area contributed by atoms with Crippen molar-refractivity contribution in [1.82, 2.24) is 5.32 Å². The van der Waals surface area contributed by atoms with Gasteiger partial charge in [-0.1, -0.05) is 24.3 Å². The van der Waals surface area contributed by atoms with E-state index in [0.29, 0.717) is 39.4 Å². The minimum absolute atomic E-state index is 0.172. The van der Waals surface area contributed by atoms with E-state index in [1.807, 2.05) is 0 Å². The first-order valence-electron chi connectivity index (χ1n) is 8.40. The fourth-order valence-corrected chi connectivity index (χ4v) is 4.73. The molecule has 3 nitrogen and oxygen atoms in total. The molecule has 0 aliphatic heterocycles. The first kappa shape index (κ1) is 19.8. The second-order valence-corrected chi connectivity index (χ2v) is 8.01. The first-order valence-corrected chi connectivity index (χ1v) is 10.4. The smallest absolute Gasteiger partial charge is 0.261 e. The molecule has 0 spiro atoms. The van der Waals surface area contributed by atoms with Crippen LogP contribution in [-0.2, 0) is 17.1 Å². The number of nitrogens with one attached hydrogen (secondary N) is 1. The molecule has 1 heterocycles. The summed E-state index contributed by atoms with van der Waals surface area (Å²) in [5, 5.41) is 3.31. The highest BCUT2D eigenvalue weighted by Crippen LogP contribution is 2.33. The molecule has 0 radical (unpaired) electrons. The lowest BCUT2D eigenvalue weighted by Gasteiger charge is -2.07. The monoisotopic (exact) mass is 407 g/mol. The number of hydrogen-bond donors (Lipinski definition) is 1. The summed E-state index contributed by atoms with van der Waals surface area (Å²) in [6.45, 7) is 0.618. The summed E-state index contributed by atoms with van der Waals surface area (Å²) in [4.78, 5) is 13.0. The molecule has 142 valence electrons. The quantitative estimate of drug-likeness (QED) is 0.535. The Bertz CT molecular complexity index is 943. The van der Waals surface area contributed by atoms with Gasteiger partial charge in [-0.05, 0) is 23.8 Å². The second kappa shape index (κ2) is 9.30. The van der Waals surface area contributed by atoms with Crippen LogP contribution in [0.1, 0.15) is 20.8 Å². The zero-order valence-electron chi connectivity index (χ0n) is 14.8. The van der Waals surface area contributed by atoms with E-state index in [4.69, 9.17) is 4.74 Å². The zero-order chi connectivity index (χ0) is 19.2. The van der Waals surface area contributed by atoms with Crippen molar-refractivity contribution >= 4 is 39.1 Å². The van der Waals surface area contributed by atoms with Gasteiger partial charge in [-0.2, -0.15) is 11.8 Å². The van der Waals surface area contributed by atoms with Crippen LogP contribution in [0.15, 0.2) is 42.5 Å². The summed E-state index contributed by atoms with van der Waals surface area (Å²) in [6.07, 6.45) is 0. The molecule has 0 aliphatic rings. The predicted molar refractivity (Wildman–Crippen MR) is 107 cm³/mol. The summed E-state index contributed by atoms with van der Waals surface area (Å²) >= 11 is 2.80. The number of halogens is 2. The summed E-state index contributed by atoms with van der Waals surface area (Å²) in [7, 11) is 1.52. The standard InChI is InChI=1S/C20H19F2NO2S2/c1-25-11-14-18-16(22)7-4-8-17(18)27-19(14)20(24)23-9-10-26-12-13-5-2-3-6-15(13)21/h2-8H,9-12H2,1H3,(H,23,24). The maximum Gasteiger partial charge on any atom is 0.261 e. The highest BCUT2D eigenvalue weighted by Gasteiger charge is 2.20. The van der Waals surface area contributed by atoms with Gasteiger partial charge in [0.1, 0.15) is 11.6 Å². The number of thioether (sulfide) groups is 1. The number of carbonyl (C=O) groups excluding carboxylic acids is 1. The maximum absolute atomic E-state index is 14.2. The van der Waals surface area contributed by atoms with Gasteiger partial charge in [0.15, 0.2) is 0 Å². The van der Waals surface area contributed by atoms with Crippen molar-refractivity contribution in [3.05, 3.63) is 70.1 Å². The van der Waals surface area contributed by atoms with E-state index in [1.165, 1.54) is 30.6 Å². The Morgan fingerprint density at radius 2 is 1.93 bits per heavy atom. The van der Waals surface area contributed by atoms with Gasteiger partial charge in [-0.3, -0.25) is 4.79 Å². The lowest BCUT2D eigenvalue weighted by Crippen LogP contribution is -2.25. The molecule has 3 rings (SSSR count). The van der Waals surface area contributed by atoms with Gasteiger partial charge in [0.2, 0.25) is 0 Å². The molecule has 1 N–H and O–H groups in total. The SMILES string of the molecule is COCc1c(C(=O)NCCSCc2ccccc2F)sc2cccc(F)c12. The topological polar surface area (TPSA) is 38.3 Å². The van der Waals surface area contributed by atoms with E-state index < -0.39 is 0 Å². The fraction of sp³-hybridized carbons (Fsp3) is 0.250. The van der Waals surface area contributed by atoms with Crippen molar-refractivity contribution in [2.45, 2.75) is 12.4 Å². The lowest BCUT2D eigenvalue weighted by molar-refractivity contribution is 0.0956. The number of methoxy groups -OCH3 is 1. The Kier molecular flexibility index (Phi) is 6.82. The van der Waals surface area contributed by atoms with Gasteiger partial charge in [-0.15, -0.1) is 11.3 Å². The molecule has 1 amide bonds. The van der Waals surface area contributed by atoms with Gasteiger partial charge < -0.3 is 10.1 Å². The minimum atomic E-state index is -0.352. The van der Waals surface area contributed by atoms with Crippen molar-refractivity contribution in [1.29, 1.82) is 0 Å². The summed E-state index contributed by atoms with van der Waals surface area (Å²) in [5.74, 6) is 0.389. The Balaban J connectivity index is 1.60. The molecule has 0 bridgehead atoms. The molecule has 0 saturated carbocycles. The molecule has 1 aromatic heterocycles. The maximum atomic E-state index is 14.2. The van der Waals surface area contributed by atoms with Crippen LogP contribution in [0, 0.1) is 11.6 Å². The number of carbonyl (C=O) groups is 1. The third-order valence-corrected chi connectivity index (χ3v) is 6.21. The van der Waals surface area contributed by atoms with Gasteiger partial charge in [0, 0.05) is 40.8 Å². The van der Waals surface area contributed by atoms with E-state index in [1.54, 1.807) is 42.1 Å². The normalized spacial score (nSPS) is 11.1. The first-order chi connectivity index (χ1) is 13.1. The number of rotatable bonds is 8. The number of ether oxygens (including phenoxy) is 1. The van der Waals surface area contributed by atoms with E-state index in [0.717, 1.165) is 4.70 Å². The Morgan fingerprint density at radius 3 is 2.70 bits per heavy atom. The Morgan fingerprint density at radius 1 is 1.15 bits per heavy atom. The van der Waals surface area contributed by atoms with Crippen LogP contribution in [0.4, 0.5) is 8.78 Å². The van der Waals surface area contributed by atoms with E-state index >= 15 is 0 Å². The van der Waals surface area contributed by atoms with Gasteiger partial charge in [0.25, 0.3) is 5.91 Å². The van der Waals surface area contributed by atoms with E-state index in [-0.39, 0.29) is 24.1 Å². The van der Waals surface area contributed by atoms with Crippen molar-refractivity contribution < 1.29 is 18.3 Å². The average molecular weight is 408 g/mol. The molecule has 0 atom stereocenters. The molecule has 0 fully saturated rings. The van der Waals surface area contributed by atoms with Crippen LogP contribution < -0.4 is 5.32 Å². The van der Waals surface area contributed by atoms with Crippen LogP contribution >= 0.6 is 23.1 Å². The van der Waals surface area contributed by atoms with Gasteiger partial charge in [0.05, 0.1) is 11.5 Å². The molecule has 0 saturated heterocycles. The number of hydrogen-bond acceptors (Lipinski definition) is 4. The summed E-state index contributed by atoms with van der Waals surface area (Å²) in [6, 6.07) is 11.5. The van der Waals surface area contributed by atoms with Crippen molar-refractivity contribution in [3.8, 4) is 0 Å². The average Bonchev–Trinajstić information content (AvgIpc) is 3.03. The predicted octanol–water partition coefficient (Wildman–Crippen LogP) is 4.99. The lowest BCUT2D eigenvalue weighted by atomic mass is 10.1. The van der Waals surface area contributed by atoms with Crippen LogP contribution in [0.3, 0.4) is 0 Å². The minimum Gasteiger partial charge on any atom is -0.380 e. The number of thiophene rings is 1. The van der Waals surface area contributed by atoms with Crippen molar-refractivity contribution in [2.75, 3.05) is 19.4 Å². The van der Waals surface area contributed by atoms with E-state index in [9.17, 15) is 13.6 Å². The molecular formula is C20H19F2NO2S2. The highest BCUT2D eigenvalue weighted by molar-refractivity contribution is 7.98. The second-order valence-electron chi connectivity index (χ2n) is 5.86. The van der Waals surface area contributed by atoms with Gasteiger partial charge >= 0.3 is 0 Å². The van der Waals surface area contributed by atoms with Crippen molar-refractivity contribution in [2.24, 2.45) is 0 Å². The van der Waals surface area contributed by atoms with Crippen molar-refractivity contribution in [3.63, 3.8) is 0 Å². The Labute approximate surface area is 164 Å². The molecule has 3 aromatic rings. The third kappa shape index (κ3) is 4.66. The van der Waals surface area contributed by atoms with Crippen LogP contribution in [0.25, 0.3) is 10.1 Å². The molecular weight excluding hydrogens is 388 g/mol. The van der Waals surface area contributed by atoms with Crippen LogP contribution in [0.5, 0.6) is 0 Å². The molecule has 27 heavy (non-hydrogen) atoms. The highest BCUT2D eigenvalue weighted by atomic mass is 32.2. The largest absolute Gasteiger partial charge is 0.380 e. The van der Waals surface area contributed by atoms with Crippen LogP contribution in [0.2, 0.25) is 0 Å². The summed E-state index contributed by atoms with van der Waals surface area (Å²) < 4.78 is 33.6. The molecule has 0 unspecified atom stereocenters. The number of benzene rings is 2.